The van der Waals surface area contributed by atoms with E-state index in [1.54, 1.807) is 11.6 Å². The number of nitrogen functional groups attached to an aromatic ring is 1. The van der Waals surface area contributed by atoms with Gasteiger partial charge in [-0.3, -0.25) is 9.89 Å². The van der Waals surface area contributed by atoms with E-state index in [0.717, 1.165) is 39.4 Å². The van der Waals surface area contributed by atoms with E-state index in [2.05, 4.69) is 40.9 Å². The number of ether oxygens (including phenoxy) is 2. The Morgan fingerprint density at radius 1 is 1.02 bits per heavy atom. The summed E-state index contributed by atoms with van der Waals surface area (Å²) in [5.41, 5.74) is 11.8. The number of anilines is 1. The molecule has 41 heavy (non-hydrogen) atoms. The zero-order chi connectivity index (χ0) is 29.5. The van der Waals surface area contributed by atoms with Crippen LogP contribution in [-0.4, -0.2) is 39.0 Å². The van der Waals surface area contributed by atoms with Crippen molar-refractivity contribution in [2.24, 2.45) is 7.05 Å². The largest absolute Gasteiger partial charge is 0.457 e. The number of rotatable bonds is 9. The number of hydrogen-bond donors (Lipinski definition) is 2. The highest BCUT2D eigenvalue weighted by molar-refractivity contribution is 6.76. The second-order valence-corrected chi connectivity index (χ2v) is 17.5. The van der Waals surface area contributed by atoms with E-state index in [-0.39, 0.29) is 12.3 Å². The quantitative estimate of drug-likeness (QED) is 0.120. The van der Waals surface area contributed by atoms with Crippen molar-refractivity contribution in [1.29, 1.82) is 0 Å². The minimum absolute atomic E-state index is 0.115. The summed E-state index contributed by atoms with van der Waals surface area (Å²) in [6.07, 6.45) is 1.87. The Morgan fingerprint density at radius 3 is 2.49 bits per heavy atom. The molecule has 0 unspecified atom stereocenters. The van der Waals surface area contributed by atoms with Crippen molar-refractivity contribution < 1.29 is 9.47 Å². The van der Waals surface area contributed by atoms with E-state index < -0.39 is 8.07 Å². The number of nitrogens with one attached hydrogen (secondary N) is 1. The van der Waals surface area contributed by atoms with Crippen LogP contribution in [0.1, 0.15) is 17.0 Å². The summed E-state index contributed by atoms with van der Waals surface area (Å²) >= 11 is 0. The number of pyridine rings is 1. The third kappa shape index (κ3) is 6.13. The maximum atomic E-state index is 13.6. The first-order valence-corrected chi connectivity index (χ1v) is 17.5. The molecular formula is C31H38N6O3Si. The van der Waals surface area contributed by atoms with Crippen LogP contribution in [0.15, 0.2) is 53.5 Å². The molecule has 0 saturated carbocycles. The molecule has 214 valence electrons. The number of aryl methyl sites for hydroxylation is 4. The Labute approximate surface area is 241 Å². The summed E-state index contributed by atoms with van der Waals surface area (Å²) in [5, 5.41) is 8.13. The molecule has 3 aromatic heterocycles. The molecule has 0 bridgehead atoms. The van der Waals surface area contributed by atoms with Gasteiger partial charge in [0.15, 0.2) is 5.82 Å². The number of aromatic amines is 1. The van der Waals surface area contributed by atoms with E-state index in [4.69, 9.17) is 15.2 Å². The summed E-state index contributed by atoms with van der Waals surface area (Å²) in [5.74, 6) is 2.57. The predicted molar refractivity (Wildman–Crippen MR) is 167 cm³/mol. The van der Waals surface area contributed by atoms with Crippen LogP contribution in [0.4, 0.5) is 5.69 Å². The van der Waals surface area contributed by atoms with Gasteiger partial charge >= 0.3 is 0 Å². The van der Waals surface area contributed by atoms with Crippen molar-refractivity contribution in [3.05, 3.63) is 76.0 Å². The zero-order valence-electron chi connectivity index (χ0n) is 24.8. The SMILES string of the molecule is Cc1cc(Oc2ccc(C)c(N)c2)cc(-c2cn(C)c(=O)c3c2cc(-c2n[nH]c(C)n2)n3COCC[Si](C)(C)C)c1. The van der Waals surface area contributed by atoms with Crippen molar-refractivity contribution in [2.45, 2.75) is 53.2 Å². The van der Waals surface area contributed by atoms with Gasteiger partial charge in [0.25, 0.3) is 5.56 Å². The van der Waals surface area contributed by atoms with E-state index >= 15 is 0 Å². The van der Waals surface area contributed by atoms with Crippen LogP contribution < -0.4 is 16.0 Å². The van der Waals surface area contributed by atoms with Crippen LogP contribution in [0.5, 0.6) is 11.5 Å². The normalized spacial score (nSPS) is 11.9. The lowest BCUT2D eigenvalue weighted by Gasteiger charge is -2.16. The summed E-state index contributed by atoms with van der Waals surface area (Å²) in [6, 6.07) is 14.8. The summed E-state index contributed by atoms with van der Waals surface area (Å²) in [7, 11) is 0.498. The van der Waals surface area contributed by atoms with Crippen LogP contribution in [0, 0.1) is 20.8 Å². The lowest BCUT2D eigenvalue weighted by atomic mass is 10.0. The highest BCUT2D eigenvalue weighted by Crippen LogP contribution is 2.36. The molecular weight excluding hydrogens is 532 g/mol. The van der Waals surface area contributed by atoms with Crippen molar-refractivity contribution in [1.82, 2.24) is 24.3 Å². The fourth-order valence-electron chi connectivity index (χ4n) is 4.80. The molecule has 3 N–H and O–H groups in total. The molecule has 5 aromatic rings. The van der Waals surface area contributed by atoms with Gasteiger partial charge in [-0.25, -0.2) is 4.98 Å². The van der Waals surface area contributed by atoms with E-state index in [1.165, 1.54) is 0 Å². The highest BCUT2D eigenvalue weighted by Gasteiger charge is 2.22. The van der Waals surface area contributed by atoms with Gasteiger partial charge in [-0.1, -0.05) is 31.8 Å². The van der Waals surface area contributed by atoms with Gasteiger partial charge in [0.2, 0.25) is 0 Å². The third-order valence-corrected chi connectivity index (χ3v) is 8.83. The Bertz CT molecular complexity index is 1790. The molecule has 9 nitrogen and oxygen atoms in total. The standard InChI is InChI=1S/C31H38N6O3Si/c1-19-12-22(14-24(13-19)40-23-9-8-20(2)27(32)15-23)26-17-36(4)31(38)29-25(26)16-28(30-33-21(3)34-35-30)37(29)18-39-10-11-41(5,6)7/h8-9,12-17H,10-11,18,32H2,1-7H3,(H,33,34,35). The van der Waals surface area contributed by atoms with Gasteiger partial charge in [0, 0.05) is 50.6 Å². The van der Waals surface area contributed by atoms with Gasteiger partial charge < -0.3 is 24.3 Å². The number of aromatic nitrogens is 5. The van der Waals surface area contributed by atoms with Crippen LogP contribution in [0.25, 0.3) is 33.5 Å². The summed E-state index contributed by atoms with van der Waals surface area (Å²) in [6.45, 7) is 13.7. The monoisotopic (exact) mass is 570 g/mol. The molecule has 3 heterocycles. The van der Waals surface area contributed by atoms with Crippen LogP contribution in [0.2, 0.25) is 25.7 Å². The molecule has 0 saturated heterocycles. The molecule has 0 aliphatic carbocycles. The maximum absolute atomic E-state index is 13.6. The number of hydrogen-bond acceptors (Lipinski definition) is 6. The molecule has 2 aromatic carbocycles. The average molecular weight is 571 g/mol. The fourth-order valence-corrected chi connectivity index (χ4v) is 5.55. The smallest absolute Gasteiger partial charge is 0.274 e. The van der Waals surface area contributed by atoms with E-state index in [1.807, 2.05) is 67.9 Å². The number of benzene rings is 2. The second kappa shape index (κ2) is 11.0. The van der Waals surface area contributed by atoms with E-state index in [0.29, 0.717) is 41.0 Å². The molecule has 0 atom stereocenters. The van der Waals surface area contributed by atoms with Gasteiger partial charge in [-0.2, -0.15) is 5.10 Å². The van der Waals surface area contributed by atoms with Crippen LogP contribution in [0.3, 0.4) is 0 Å². The Hall–Kier alpha value is -4.15. The zero-order valence-corrected chi connectivity index (χ0v) is 25.8. The lowest BCUT2D eigenvalue weighted by molar-refractivity contribution is 0.0910. The average Bonchev–Trinajstić information content (AvgIpc) is 3.49. The Morgan fingerprint density at radius 2 is 1.80 bits per heavy atom. The number of fused-ring (bicyclic) bond motifs is 1. The third-order valence-electron chi connectivity index (χ3n) is 7.12. The highest BCUT2D eigenvalue weighted by atomic mass is 28.3. The topological polar surface area (TPSA) is 113 Å². The summed E-state index contributed by atoms with van der Waals surface area (Å²) < 4.78 is 15.9. The molecule has 5 rings (SSSR count). The van der Waals surface area contributed by atoms with Crippen LogP contribution >= 0.6 is 0 Å². The summed E-state index contributed by atoms with van der Waals surface area (Å²) in [4.78, 5) is 18.2. The minimum Gasteiger partial charge on any atom is -0.457 e. The molecule has 0 radical (unpaired) electrons. The molecule has 0 amide bonds. The number of nitrogens with zero attached hydrogens (tertiary/aromatic N) is 4. The van der Waals surface area contributed by atoms with Crippen molar-refractivity contribution in [3.63, 3.8) is 0 Å². The lowest BCUT2D eigenvalue weighted by Crippen LogP contribution is -2.23. The number of H-pyrrole nitrogens is 1. The maximum Gasteiger partial charge on any atom is 0.274 e. The molecule has 10 heteroatoms. The fraction of sp³-hybridized carbons (Fsp3) is 0.323. The molecule has 0 spiro atoms. The Balaban J connectivity index is 1.63. The van der Waals surface area contributed by atoms with Crippen LogP contribution in [-0.2, 0) is 18.5 Å². The predicted octanol–water partition coefficient (Wildman–Crippen LogP) is 6.40. The van der Waals surface area contributed by atoms with Gasteiger partial charge in [0.1, 0.15) is 29.6 Å². The van der Waals surface area contributed by atoms with Gasteiger partial charge in [-0.15, -0.1) is 0 Å². The Kier molecular flexibility index (Phi) is 7.63. The molecule has 0 aliphatic heterocycles. The van der Waals surface area contributed by atoms with Crippen molar-refractivity contribution in [3.8, 4) is 34.1 Å². The van der Waals surface area contributed by atoms with Gasteiger partial charge in [0.05, 0.1) is 5.69 Å². The second-order valence-electron chi connectivity index (χ2n) is 11.9. The minimum atomic E-state index is -1.27. The first-order valence-electron chi connectivity index (χ1n) is 13.8. The van der Waals surface area contributed by atoms with E-state index in [9.17, 15) is 4.79 Å². The number of nitrogens with two attached hydrogens (primary N) is 1. The molecule has 0 aliphatic rings. The molecule has 0 fully saturated rings. The first-order chi connectivity index (χ1) is 19.4. The van der Waals surface area contributed by atoms with Crippen molar-refractivity contribution >= 4 is 24.7 Å². The van der Waals surface area contributed by atoms with Gasteiger partial charge in [-0.05, 0) is 67.8 Å². The first kappa shape index (κ1) is 28.4. The van der Waals surface area contributed by atoms with Crippen molar-refractivity contribution in [2.75, 3.05) is 12.3 Å².